The van der Waals surface area contributed by atoms with Gasteiger partial charge in [-0.05, 0) is 74.7 Å². The van der Waals surface area contributed by atoms with Crippen LogP contribution < -0.4 is 10.5 Å². The molecule has 0 fully saturated rings. The summed E-state index contributed by atoms with van der Waals surface area (Å²) < 4.78 is 29.3. The normalized spacial score (nSPS) is 11.4. The number of rotatable bonds is 3. The Balaban J connectivity index is 2.50. The third-order valence-corrected chi connectivity index (χ3v) is 6.15. The van der Waals surface area contributed by atoms with Crippen LogP contribution in [0.25, 0.3) is 0 Å². The lowest BCUT2D eigenvalue weighted by Gasteiger charge is -2.14. The van der Waals surface area contributed by atoms with Gasteiger partial charge in [-0.15, -0.1) is 0 Å². The van der Waals surface area contributed by atoms with Crippen LogP contribution in [0.4, 0.5) is 11.4 Å². The summed E-state index contributed by atoms with van der Waals surface area (Å²) in [6.45, 7) is 1.88. The van der Waals surface area contributed by atoms with Crippen LogP contribution in [-0.2, 0) is 10.0 Å². The highest BCUT2D eigenvalue weighted by Crippen LogP contribution is 2.34. The lowest BCUT2D eigenvalue weighted by atomic mass is 10.2. The Morgan fingerprint density at radius 2 is 1.71 bits per heavy atom. The van der Waals surface area contributed by atoms with Crippen LogP contribution in [-0.4, -0.2) is 8.42 Å². The van der Waals surface area contributed by atoms with E-state index in [9.17, 15) is 8.42 Å². The number of nitrogens with two attached hydrogens (primary N) is 1. The minimum Gasteiger partial charge on any atom is -0.397 e. The number of nitrogens with one attached hydrogen (secondary N) is 1. The van der Waals surface area contributed by atoms with Crippen LogP contribution in [0.1, 0.15) is 5.56 Å². The first-order valence-electron chi connectivity index (χ1n) is 5.74. The highest BCUT2D eigenvalue weighted by molar-refractivity contribution is 9.11. The molecule has 2 aromatic rings. The van der Waals surface area contributed by atoms with Crippen molar-refractivity contribution in [1.29, 1.82) is 0 Å². The molecule has 0 saturated carbocycles. The van der Waals surface area contributed by atoms with Crippen molar-refractivity contribution in [1.82, 2.24) is 0 Å². The van der Waals surface area contributed by atoms with Crippen LogP contribution in [0.2, 0.25) is 0 Å². The Labute approximate surface area is 148 Å². The predicted molar refractivity (Wildman–Crippen MR) is 95.9 cm³/mol. The second-order valence-electron chi connectivity index (χ2n) is 4.39. The van der Waals surface area contributed by atoms with Crippen molar-refractivity contribution in [3.8, 4) is 0 Å². The van der Waals surface area contributed by atoms with Crippen molar-refractivity contribution in [2.75, 3.05) is 10.5 Å². The molecular formula is C13H11Br3N2O2S. The van der Waals surface area contributed by atoms with E-state index in [-0.39, 0.29) is 4.90 Å². The fourth-order valence-corrected chi connectivity index (χ4v) is 5.18. The Bertz CT molecular complexity index is 784. The van der Waals surface area contributed by atoms with Crippen molar-refractivity contribution in [3.05, 3.63) is 49.3 Å². The van der Waals surface area contributed by atoms with E-state index >= 15 is 0 Å². The van der Waals surface area contributed by atoms with Gasteiger partial charge in [-0.1, -0.05) is 15.9 Å². The fraction of sp³-hybridized carbons (Fsp3) is 0.0769. The van der Waals surface area contributed by atoms with Crippen molar-refractivity contribution >= 4 is 69.2 Å². The summed E-state index contributed by atoms with van der Waals surface area (Å²) in [6, 6.07) is 8.43. The van der Waals surface area contributed by atoms with Gasteiger partial charge in [0.15, 0.2) is 0 Å². The zero-order chi connectivity index (χ0) is 15.8. The quantitative estimate of drug-likeness (QED) is 0.604. The molecule has 0 bridgehead atoms. The minimum absolute atomic E-state index is 0.128. The first kappa shape index (κ1) is 16.8. The number of sulfonamides is 1. The van der Waals surface area contributed by atoms with Crippen LogP contribution >= 0.6 is 47.8 Å². The first-order valence-corrected chi connectivity index (χ1v) is 9.60. The van der Waals surface area contributed by atoms with E-state index < -0.39 is 10.0 Å². The third kappa shape index (κ3) is 3.80. The lowest BCUT2D eigenvalue weighted by Crippen LogP contribution is -2.15. The number of nitrogen functional groups attached to an aromatic ring is 1. The van der Waals surface area contributed by atoms with Gasteiger partial charge >= 0.3 is 0 Å². The van der Waals surface area contributed by atoms with Gasteiger partial charge in [-0.2, -0.15) is 0 Å². The molecule has 0 heterocycles. The maximum atomic E-state index is 12.5. The average Bonchev–Trinajstić information content (AvgIpc) is 2.36. The minimum atomic E-state index is -3.76. The second-order valence-corrected chi connectivity index (χ2v) is 8.67. The standard InChI is InChI=1S/C13H11Br3N2O2S/c1-7-4-10(16)13(11(17)5-7)18-21(19,20)12-6-8(14)2-3-9(12)15/h2-6,18H,17H2,1H3. The highest BCUT2D eigenvalue weighted by atomic mass is 79.9. The van der Waals surface area contributed by atoms with Crippen molar-refractivity contribution in [2.45, 2.75) is 11.8 Å². The molecule has 0 aliphatic rings. The Hall–Kier alpha value is -0.570. The molecular weight excluding hydrogens is 488 g/mol. The average molecular weight is 499 g/mol. The summed E-state index contributed by atoms with van der Waals surface area (Å²) in [5.74, 6) is 0. The maximum Gasteiger partial charge on any atom is 0.263 e. The molecule has 0 spiro atoms. The summed E-state index contributed by atoms with van der Waals surface area (Å²) in [5, 5.41) is 0. The summed E-state index contributed by atoms with van der Waals surface area (Å²) in [5.41, 5.74) is 7.52. The summed E-state index contributed by atoms with van der Waals surface area (Å²) in [7, 11) is -3.76. The van der Waals surface area contributed by atoms with Gasteiger partial charge in [0.05, 0.1) is 11.4 Å². The highest BCUT2D eigenvalue weighted by Gasteiger charge is 2.20. The number of hydrogen-bond acceptors (Lipinski definition) is 3. The monoisotopic (exact) mass is 496 g/mol. The van der Waals surface area contributed by atoms with Gasteiger partial charge in [-0.25, -0.2) is 8.42 Å². The topological polar surface area (TPSA) is 72.2 Å². The van der Waals surface area contributed by atoms with E-state index in [1.807, 2.05) is 6.92 Å². The van der Waals surface area contributed by atoms with E-state index in [1.54, 1.807) is 24.3 Å². The number of benzene rings is 2. The molecule has 0 unspecified atom stereocenters. The van der Waals surface area contributed by atoms with Crippen LogP contribution in [0, 0.1) is 6.92 Å². The Morgan fingerprint density at radius 1 is 1.05 bits per heavy atom. The van der Waals surface area contributed by atoms with Crippen molar-refractivity contribution in [2.24, 2.45) is 0 Å². The van der Waals surface area contributed by atoms with E-state index in [2.05, 4.69) is 52.5 Å². The van der Waals surface area contributed by atoms with Gasteiger partial charge in [-0.3, -0.25) is 4.72 Å². The summed E-state index contributed by atoms with van der Waals surface area (Å²) in [4.78, 5) is 0.128. The lowest BCUT2D eigenvalue weighted by molar-refractivity contribution is 0.600. The Kier molecular flexibility index (Phi) is 5.02. The molecule has 21 heavy (non-hydrogen) atoms. The summed E-state index contributed by atoms with van der Waals surface area (Å²) >= 11 is 9.84. The molecule has 0 radical (unpaired) electrons. The number of anilines is 2. The molecule has 0 amide bonds. The van der Waals surface area contributed by atoms with Gasteiger partial charge < -0.3 is 5.73 Å². The van der Waals surface area contributed by atoms with Crippen molar-refractivity contribution < 1.29 is 8.42 Å². The molecule has 0 aromatic heterocycles. The Morgan fingerprint density at radius 3 is 2.33 bits per heavy atom. The van der Waals surface area contributed by atoms with E-state index in [1.165, 1.54) is 6.07 Å². The van der Waals surface area contributed by atoms with E-state index in [0.29, 0.717) is 24.8 Å². The van der Waals surface area contributed by atoms with Gasteiger partial charge in [0.25, 0.3) is 10.0 Å². The summed E-state index contributed by atoms with van der Waals surface area (Å²) in [6.07, 6.45) is 0. The van der Waals surface area contributed by atoms with Crippen molar-refractivity contribution in [3.63, 3.8) is 0 Å². The molecule has 0 aliphatic heterocycles. The van der Waals surface area contributed by atoms with E-state index in [0.717, 1.165) is 5.56 Å². The molecule has 8 heteroatoms. The molecule has 4 nitrogen and oxygen atoms in total. The number of aryl methyl sites for hydroxylation is 1. The number of halogens is 3. The molecule has 0 saturated heterocycles. The SMILES string of the molecule is Cc1cc(N)c(NS(=O)(=O)c2cc(Br)ccc2Br)c(Br)c1. The predicted octanol–water partition coefficient (Wildman–Crippen LogP) is 4.67. The zero-order valence-corrected chi connectivity index (χ0v) is 16.4. The van der Waals surface area contributed by atoms with E-state index in [4.69, 9.17) is 5.73 Å². The largest absolute Gasteiger partial charge is 0.397 e. The first-order chi connectivity index (χ1) is 9.70. The van der Waals surface area contributed by atoms with Crippen LogP contribution in [0.15, 0.2) is 48.6 Å². The smallest absolute Gasteiger partial charge is 0.263 e. The second kappa shape index (κ2) is 6.28. The van der Waals surface area contributed by atoms with Gasteiger partial charge in [0.1, 0.15) is 4.90 Å². The molecule has 112 valence electrons. The maximum absolute atomic E-state index is 12.5. The molecule has 2 aromatic carbocycles. The molecule has 0 atom stereocenters. The fourth-order valence-electron chi connectivity index (χ4n) is 1.75. The molecule has 3 N–H and O–H groups in total. The molecule has 2 rings (SSSR count). The van der Waals surface area contributed by atoms with Crippen LogP contribution in [0.3, 0.4) is 0 Å². The molecule has 0 aliphatic carbocycles. The third-order valence-electron chi connectivity index (χ3n) is 2.68. The number of hydrogen-bond donors (Lipinski definition) is 2. The zero-order valence-electron chi connectivity index (χ0n) is 10.8. The van der Waals surface area contributed by atoms with Crippen LogP contribution in [0.5, 0.6) is 0 Å². The van der Waals surface area contributed by atoms with Gasteiger partial charge in [0, 0.05) is 13.4 Å². The van der Waals surface area contributed by atoms with Gasteiger partial charge in [0.2, 0.25) is 0 Å².